The number of rotatable bonds is 13. The molecule has 2 radical (unpaired) electrons. The highest BCUT2D eigenvalue weighted by Gasteiger charge is 2.37. The highest BCUT2D eigenvalue weighted by atomic mass is 16.5. The Hall–Kier alpha value is -3.54. The summed E-state index contributed by atoms with van der Waals surface area (Å²) in [7, 11) is 6.71. The van der Waals surface area contributed by atoms with Crippen molar-refractivity contribution < 1.29 is 19.4 Å². The average Bonchev–Trinajstić information content (AvgIpc) is 3.76. The maximum Gasteiger partial charge on any atom is 0.303 e. The molecule has 1 saturated carbocycles. The van der Waals surface area contributed by atoms with E-state index in [0.717, 1.165) is 48.8 Å². The number of unbranched alkanes of at least 4 members (excludes halogenated alkanes) is 2. The topological polar surface area (TPSA) is 66.8 Å². The molecule has 3 aromatic rings. The standard InChI is InChI=1S/C31H34BNO4/c1-2-22-11-13-23(14-12-22)24-15-17-25(18-16-24)31(36)33(26-19-20-26)30(32)27-8-5-6-9-28(27)37-21-7-3-4-10-29(34)35/h5-6,8-9,11-18,26,30H,2-4,7,10,19-21H2,1H3,(H,34,35). The van der Waals surface area contributed by atoms with E-state index >= 15 is 0 Å². The molecule has 1 aliphatic rings. The van der Waals surface area contributed by atoms with E-state index in [-0.39, 0.29) is 18.4 Å². The Balaban J connectivity index is 1.45. The molecule has 0 spiro atoms. The maximum atomic E-state index is 13.6. The number of carboxylic acid groups (broad SMARTS) is 1. The van der Waals surface area contributed by atoms with Gasteiger partial charge in [0.15, 0.2) is 0 Å². The van der Waals surface area contributed by atoms with Crippen molar-refractivity contribution in [1.29, 1.82) is 0 Å². The molecule has 1 unspecified atom stereocenters. The molecule has 37 heavy (non-hydrogen) atoms. The molecule has 0 bridgehead atoms. The van der Waals surface area contributed by atoms with Crippen LogP contribution in [0.5, 0.6) is 5.75 Å². The van der Waals surface area contributed by atoms with Crippen LogP contribution in [0.4, 0.5) is 0 Å². The van der Waals surface area contributed by atoms with Gasteiger partial charge in [0.2, 0.25) is 0 Å². The second-order valence-corrected chi connectivity index (χ2v) is 9.61. The minimum absolute atomic E-state index is 0.0774. The molecule has 0 heterocycles. The summed E-state index contributed by atoms with van der Waals surface area (Å²) in [5, 5.41) is 8.78. The highest BCUT2D eigenvalue weighted by molar-refractivity contribution is 6.14. The second kappa shape index (κ2) is 12.6. The van der Waals surface area contributed by atoms with Gasteiger partial charge in [0.05, 0.1) is 6.61 Å². The molecule has 1 N–H and O–H groups in total. The van der Waals surface area contributed by atoms with Crippen LogP contribution >= 0.6 is 0 Å². The van der Waals surface area contributed by atoms with Crippen molar-refractivity contribution in [3.05, 3.63) is 89.5 Å². The first-order valence-corrected chi connectivity index (χ1v) is 13.2. The summed E-state index contributed by atoms with van der Waals surface area (Å²) in [5.74, 6) is -0.810. The first kappa shape index (κ1) is 26.5. The van der Waals surface area contributed by atoms with Crippen LogP contribution in [0, 0.1) is 0 Å². The van der Waals surface area contributed by atoms with Gasteiger partial charge in [0.25, 0.3) is 5.91 Å². The van der Waals surface area contributed by atoms with Gasteiger partial charge in [-0.15, -0.1) is 0 Å². The molecular formula is C31H34BNO4. The molecule has 1 fully saturated rings. The SMILES string of the molecule is [B]C(c1ccccc1OCCCCCC(=O)O)N(C(=O)c1ccc(-c2ccc(CC)cc2)cc1)C1CC1. The predicted octanol–water partition coefficient (Wildman–Crippen LogP) is 6.41. The van der Waals surface area contributed by atoms with Crippen LogP contribution in [0.3, 0.4) is 0 Å². The van der Waals surface area contributed by atoms with E-state index in [1.165, 1.54) is 5.56 Å². The molecule has 1 aliphatic carbocycles. The molecule has 6 heteroatoms. The number of carbonyl (C=O) groups is 2. The third kappa shape index (κ3) is 7.03. The molecule has 3 aromatic carbocycles. The maximum absolute atomic E-state index is 13.6. The normalized spacial score (nSPS) is 13.6. The van der Waals surface area contributed by atoms with Gasteiger partial charge in [0.1, 0.15) is 13.6 Å². The fraction of sp³-hybridized carbons (Fsp3) is 0.355. The number of benzene rings is 3. The third-order valence-corrected chi connectivity index (χ3v) is 6.83. The van der Waals surface area contributed by atoms with Crippen molar-refractivity contribution >= 4 is 19.7 Å². The van der Waals surface area contributed by atoms with Crippen LogP contribution in [0.15, 0.2) is 72.8 Å². The third-order valence-electron chi connectivity index (χ3n) is 6.83. The number of nitrogens with zero attached hydrogens (tertiary/aromatic N) is 1. The summed E-state index contributed by atoms with van der Waals surface area (Å²) in [6.45, 7) is 2.61. The smallest absolute Gasteiger partial charge is 0.303 e. The Labute approximate surface area is 220 Å². The molecule has 190 valence electrons. The van der Waals surface area contributed by atoms with Crippen LogP contribution in [0.2, 0.25) is 0 Å². The van der Waals surface area contributed by atoms with Gasteiger partial charge in [-0.05, 0) is 73.4 Å². The first-order valence-electron chi connectivity index (χ1n) is 13.2. The number of aryl methyl sites for hydroxylation is 1. The van der Waals surface area contributed by atoms with Crippen molar-refractivity contribution in [1.82, 2.24) is 4.90 Å². The van der Waals surface area contributed by atoms with Crippen molar-refractivity contribution in [2.24, 2.45) is 0 Å². The van der Waals surface area contributed by atoms with E-state index in [9.17, 15) is 9.59 Å². The lowest BCUT2D eigenvalue weighted by Crippen LogP contribution is -2.37. The van der Waals surface area contributed by atoms with E-state index in [4.69, 9.17) is 17.7 Å². The lowest BCUT2D eigenvalue weighted by atomic mass is 9.86. The van der Waals surface area contributed by atoms with Crippen molar-refractivity contribution in [2.45, 2.75) is 63.9 Å². The van der Waals surface area contributed by atoms with Gasteiger partial charge in [-0.25, -0.2) is 0 Å². The molecule has 0 aliphatic heterocycles. The van der Waals surface area contributed by atoms with Crippen molar-refractivity contribution in [3.63, 3.8) is 0 Å². The fourth-order valence-electron chi connectivity index (χ4n) is 4.50. The van der Waals surface area contributed by atoms with Crippen LogP contribution in [0.1, 0.15) is 72.9 Å². The summed E-state index contributed by atoms with van der Waals surface area (Å²) in [6.07, 6.45) is 5.23. The number of amides is 1. The van der Waals surface area contributed by atoms with Crippen LogP contribution in [-0.4, -0.2) is 42.4 Å². The Morgan fingerprint density at radius 1 is 0.946 bits per heavy atom. The zero-order chi connectivity index (χ0) is 26.2. The molecule has 4 rings (SSSR count). The van der Waals surface area contributed by atoms with E-state index in [1.807, 2.05) is 48.5 Å². The second-order valence-electron chi connectivity index (χ2n) is 9.61. The molecule has 5 nitrogen and oxygen atoms in total. The van der Waals surface area contributed by atoms with Crippen LogP contribution < -0.4 is 4.74 Å². The minimum atomic E-state index is -0.776. The van der Waals surface area contributed by atoms with E-state index in [0.29, 0.717) is 24.3 Å². The van der Waals surface area contributed by atoms with Crippen molar-refractivity contribution in [2.75, 3.05) is 6.61 Å². The summed E-state index contributed by atoms with van der Waals surface area (Å²) >= 11 is 0. The predicted molar refractivity (Wildman–Crippen MR) is 147 cm³/mol. The van der Waals surface area contributed by atoms with Gasteiger partial charge in [-0.3, -0.25) is 9.59 Å². The zero-order valence-electron chi connectivity index (χ0n) is 21.4. The number of para-hydroxylation sites is 1. The minimum Gasteiger partial charge on any atom is -0.493 e. The number of ether oxygens (including phenoxy) is 1. The summed E-state index contributed by atoms with van der Waals surface area (Å²) < 4.78 is 6.02. The fourth-order valence-corrected chi connectivity index (χ4v) is 4.50. The number of hydrogen-bond acceptors (Lipinski definition) is 3. The quantitative estimate of drug-likeness (QED) is 0.220. The lowest BCUT2D eigenvalue weighted by Gasteiger charge is -2.31. The lowest BCUT2D eigenvalue weighted by molar-refractivity contribution is -0.137. The average molecular weight is 495 g/mol. The number of carbonyl (C=O) groups excluding carboxylic acids is 1. The monoisotopic (exact) mass is 495 g/mol. The molecule has 0 aromatic heterocycles. The van der Waals surface area contributed by atoms with Crippen molar-refractivity contribution in [3.8, 4) is 16.9 Å². The Morgan fingerprint density at radius 2 is 1.59 bits per heavy atom. The summed E-state index contributed by atoms with van der Waals surface area (Å²) in [5.41, 5.74) is 4.89. The molecular weight excluding hydrogens is 461 g/mol. The van der Waals surface area contributed by atoms with Gasteiger partial charge < -0.3 is 14.7 Å². The zero-order valence-corrected chi connectivity index (χ0v) is 21.4. The van der Waals surface area contributed by atoms with E-state index < -0.39 is 11.9 Å². The number of carboxylic acids is 1. The Kier molecular flexibility index (Phi) is 9.05. The van der Waals surface area contributed by atoms with Gasteiger partial charge in [-0.2, -0.15) is 0 Å². The van der Waals surface area contributed by atoms with E-state index in [2.05, 4.69) is 31.2 Å². The van der Waals surface area contributed by atoms with E-state index in [1.54, 1.807) is 4.90 Å². The van der Waals surface area contributed by atoms with Gasteiger partial charge >= 0.3 is 5.97 Å². The largest absolute Gasteiger partial charge is 0.493 e. The molecule has 1 atom stereocenters. The summed E-state index contributed by atoms with van der Waals surface area (Å²) in [6, 6.07) is 24.0. The number of hydrogen-bond donors (Lipinski definition) is 1. The Bertz CT molecular complexity index is 1190. The van der Waals surface area contributed by atoms with Crippen LogP contribution in [0.25, 0.3) is 11.1 Å². The summed E-state index contributed by atoms with van der Waals surface area (Å²) in [4.78, 5) is 26.1. The Morgan fingerprint density at radius 3 is 2.22 bits per heavy atom. The van der Waals surface area contributed by atoms with Crippen LogP contribution in [-0.2, 0) is 11.2 Å². The van der Waals surface area contributed by atoms with Gasteiger partial charge in [-0.1, -0.05) is 61.5 Å². The first-order chi connectivity index (χ1) is 18.0. The molecule has 0 saturated heterocycles. The number of aliphatic carboxylic acids is 1. The molecule has 1 amide bonds. The highest BCUT2D eigenvalue weighted by Crippen LogP contribution is 2.37. The van der Waals surface area contributed by atoms with Gasteiger partial charge in [0, 0.05) is 29.5 Å².